The average molecular weight is 554 g/mol. The summed E-state index contributed by atoms with van der Waals surface area (Å²) in [4.78, 5) is 23.9. The number of esters is 2. The minimum atomic E-state index is -0.544. The lowest BCUT2D eigenvalue weighted by atomic mass is 10.1. The summed E-state index contributed by atoms with van der Waals surface area (Å²) < 4.78 is 21.2. The Balaban J connectivity index is 0.00000222. The number of rotatable bonds is 10. The highest BCUT2D eigenvalue weighted by molar-refractivity contribution is 6.35. The summed E-state index contributed by atoms with van der Waals surface area (Å²) >= 11 is 17.9. The number of benzene rings is 3. The van der Waals surface area contributed by atoms with Crippen molar-refractivity contribution in [1.29, 1.82) is 0 Å². The van der Waals surface area contributed by atoms with Crippen molar-refractivity contribution >= 4 is 46.7 Å². The van der Waals surface area contributed by atoms with Gasteiger partial charge in [-0.2, -0.15) is 0 Å². The first-order chi connectivity index (χ1) is 17.3. The summed E-state index contributed by atoms with van der Waals surface area (Å²) in [7, 11) is 0. The number of carbonyl (C=O) groups excluding carboxylic acids is 2. The minimum Gasteiger partial charge on any atom is -0.480 e. The average Bonchev–Trinajstić information content (AvgIpc) is 2.87. The van der Waals surface area contributed by atoms with Gasteiger partial charge in [0.15, 0.2) is 13.2 Å². The molecule has 0 aliphatic heterocycles. The summed E-state index contributed by atoms with van der Waals surface area (Å²) in [5.41, 5.74) is 2.54. The van der Waals surface area contributed by atoms with E-state index in [2.05, 4.69) is 0 Å². The van der Waals surface area contributed by atoms with Crippen molar-refractivity contribution in [3.8, 4) is 11.5 Å². The molecular weight excluding hydrogens is 527 g/mol. The standard InChI is InChI=1S/C25H21Cl3O6.C2H6/c1-16-2-8-22(20(27)10-16)31-14-24(29)33-12-17-3-5-18(6-4-17)13-34-25(30)15-32-23-9-7-19(26)11-21(23)28;1-2/h2-11H,12-15H2,1H3;1-2H3. The quantitative estimate of drug-likeness (QED) is 0.247. The molecule has 0 aromatic heterocycles. The molecule has 9 heteroatoms. The fourth-order valence-electron chi connectivity index (χ4n) is 2.73. The number of carbonyl (C=O) groups is 2. The van der Waals surface area contributed by atoms with Gasteiger partial charge in [-0.25, -0.2) is 9.59 Å². The van der Waals surface area contributed by atoms with Gasteiger partial charge < -0.3 is 18.9 Å². The van der Waals surface area contributed by atoms with Crippen LogP contribution in [0, 0.1) is 6.92 Å². The highest BCUT2D eigenvalue weighted by Crippen LogP contribution is 2.27. The van der Waals surface area contributed by atoms with Gasteiger partial charge in [0.05, 0.1) is 10.0 Å². The molecule has 0 fully saturated rings. The van der Waals surface area contributed by atoms with Gasteiger partial charge in [-0.05, 0) is 53.9 Å². The van der Waals surface area contributed by atoms with E-state index >= 15 is 0 Å². The fraction of sp³-hybridized carbons (Fsp3) is 0.259. The summed E-state index contributed by atoms with van der Waals surface area (Å²) in [5, 5.41) is 1.21. The van der Waals surface area contributed by atoms with Crippen LogP contribution in [0.2, 0.25) is 15.1 Å². The van der Waals surface area contributed by atoms with E-state index in [9.17, 15) is 9.59 Å². The summed E-state index contributed by atoms with van der Waals surface area (Å²) in [6, 6.07) is 17.1. The van der Waals surface area contributed by atoms with E-state index in [-0.39, 0.29) is 26.4 Å². The summed E-state index contributed by atoms with van der Waals surface area (Å²) in [6.45, 7) is 5.53. The van der Waals surface area contributed by atoms with Crippen molar-refractivity contribution < 1.29 is 28.5 Å². The van der Waals surface area contributed by atoms with Crippen LogP contribution in [0.15, 0.2) is 60.7 Å². The predicted molar refractivity (Wildman–Crippen MR) is 141 cm³/mol. The zero-order valence-corrected chi connectivity index (χ0v) is 22.5. The second kappa shape index (κ2) is 15.2. The Kier molecular flexibility index (Phi) is 12.4. The molecule has 0 N–H and O–H groups in total. The van der Waals surface area contributed by atoms with E-state index in [1.54, 1.807) is 48.5 Å². The molecule has 0 aliphatic carbocycles. The molecule has 3 aromatic rings. The predicted octanol–water partition coefficient (Wildman–Crippen LogP) is 7.23. The Bertz CT molecular complexity index is 1060. The van der Waals surface area contributed by atoms with Gasteiger partial charge >= 0.3 is 11.9 Å². The molecule has 0 saturated heterocycles. The van der Waals surface area contributed by atoms with Crippen LogP contribution >= 0.6 is 34.8 Å². The van der Waals surface area contributed by atoms with E-state index in [4.69, 9.17) is 53.8 Å². The molecule has 0 unspecified atom stereocenters. The Labute approximate surface area is 226 Å². The fourth-order valence-corrected chi connectivity index (χ4v) is 3.48. The lowest BCUT2D eigenvalue weighted by molar-refractivity contribution is -0.148. The van der Waals surface area contributed by atoms with Crippen molar-refractivity contribution in [1.82, 2.24) is 0 Å². The number of ether oxygens (including phenoxy) is 4. The monoisotopic (exact) mass is 552 g/mol. The van der Waals surface area contributed by atoms with Crippen LogP contribution in [0.5, 0.6) is 11.5 Å². The maximum Gasteiger partial charge on any atom is 0.344 e. The van der Waals surface area contributed by atoms with E-state index < -0.39 is 11.9 Å². The highest BCUT2D eigenvalue weighted by Gasteiger charge is 2.10. The van der Waals surface area contributed by atoms with E-state index in [1.165, 1.54) is 6.07 Å². The van der Waals surface area contributed by atoms with Gasteiger partial charge in [0.25, 0.3) is 0 Å². The van der Waals surface area contributed by atoms with Gasteiger partial charge in [-0.15, -0.1) is 0 Å². The van der Waals surface area contributed by atoms with Crippen LogP contribution in [0.1, 0.15) is 30.5 Å². The Morgan fingerprint density at radius 1 is 0.667 bits per heavy atom. The van der Waals surface area contributed by atoms with Crippen molar-refractivity contribution in [2.75, 3.05) is 13.2 Å². The van der Waals surface area contributed by atoms with Gasteiger partial charge in [0, 0.05) is 5.02 Å². The van der Waals surface area contributed by atoms with Crippen molar-refractivity contribution in [2.24, 2.45) is 0 Å². The topological polar surface area (TPSA) is 71.1 Å². The summed E-state index contributed by atoms with van der Waals surface area (Å²) in [5.74, 6) is -0.299. The van der Waals surface area contributed by atoms with Gasteiger partial charge in [0.2, 0.25) is 0 Å². The maximum absolute atomic E-state index is 11.9. The van der Waals surface area contributed by atoms with Crippen molar-refractivity contribution in [3.63, 3.8) is 0 Å². The second-order valence-electron chi connectivity index (χ2n) is 7.22. The van der Waals surface area contributed by atoms with Crippen LogP contribution in [0.4, 0.5) is 0 Å². The van der Waals surface area contributed by atoms with E-state index in [0.717, 1.165) is 16.7 Å². The zero-order chi connectivity index (χ0) is 26.5. The number of hydrogen-bond acceptors (Lipinski definition) is 6. The molecule has 0 heterocycles. The minimum absolute atomic E-state index is 0.0712. The Hall–Kier alpha value is -2.93. The van der Waals surface area contributed by atoms with Crippen LogP contribution in [-0.4, -0.2) is 25.2 Å². The Morgan fingerprint density at radius 2 is 1.11 bits per heavy atom. The molecule has 192 valence electrons. The number of halogens is 3. The molecule has 0 bridgehead atoms. The molecule has 0 spiro atoms. The third-order valence-corrected chi connectivity index (χ3v) is 5.32. The third kappa shape index (κ3) is 9.97. The first kappa shape index (κ1) is 29.3. The number of aryl methyl sites for hydroxylation is 1. The van der Waals surface area contributed by atoms with Crippen molar-refractivity contribution in [2.45, 2.75) is 34.0 Å². The molecule has 36 heavy (non-hydrogen) atoms. The van der Waals surface area contributed by atoms with E-state index in [0.29, 0.717) is 26.6 Å². The summed E-state index contributed by atoms with van der Waals surface area (Å²) in [6.07, 6.45) is 0. The molecule has 0 radical (unpaired) electrons. The molecule has 0 atom stereocenters. The molecule has 0 saturated carbocycles. The van der Waals surface area contributed by atoms with Gasteiger partial charge in [-0.1, -0.05) is 79.0 Å². The molecule has 3 aromatic carbocycles. The van der Waals surface area contributed by atoms with Crippen molar-refractivity contribution in [3.05, 3.63) is 92.4 Å². The van der Waals surface area contributed by atoms with Crippen LogP contribution < -0.4 is 9.47 Å². The molecule has 3 rings (SSSR count). The van der Waals surface area contributed by atoms with Gasteiger partial charge in [0.1, 0.15) is 24.7 Å². The molecular formula is C27H27Cl3O6. The van der Waals surface area contributed by atoms with Crippen LogP contribution in [0.3, 0.4) is 0 Å². The third-order valence-electron chi connectivity index (χ3n) is 4.49. The van der Waals surface area contributed by atoms with Crippen LogP contribution in [0.25, 0.3) is 0 Å². The molecule has 6 nitrogen and oxygen atoms in total. The zero-order valence-electron chi connectivity index (χ0n) is 20.2. The Morgan fingerprint density at radius 3 is 1.56 bits per heavy atom. The smallest absolute Gasteiger partial charge is 0.344 e. The highest BCUT2D eigenvalue weighted by atomic mass is 35.5. The first-order valence-corrected chi connectivity index (χ1v) is 12.3. The lowest BCUT2D eigenvalue weighted by Crippen LogP contribution is -2.15. The molecule has 0 aliphatic rings. The van der Waals surface area contributed by atoms with Crippen LogP contribution in [-0.2, 0) is 32.3 Å². The largest absolute Gasteiger partial charge is 0.480 e. The first-order valence-electron chi connectivity index (χ1n) is 11.2. The van der Waals surface area contributed by atoms with E-state index in [1.807, 2.05) is 26.8 Å². The molecule has 0 amide bonds. The lowest BCUT2D eigenvalue weighted by Gasteiger charge is -2.10. The maximum atomic E-state index is 11.9. The number of hydrogen-bond donors (Lipinski definition) is 0. The van der Waals surface area contributed by atoms with Gasteiger partial charge in [-0.3, -0.25) is 0 Å². The SMILES string of the molecule is CC.Cc1ccc(OCC(=O)OCc2ccc(COC(=O)COc3ccc(Cl)cc3Cl)cc2)c(Cl)c1. The second-order valence-corrected chi connectivity index (χ2v) is 8.47. The normalized spacial score (nSPS) is 10.1.